The number of carbonyl (C=O) groups excluding carboxylic acids is 1. The van der Waals surface area contributed by atoms with Gasteiger partial charge in [-0.3, -0.25) is 4.79 Å². The zero-order valence-corrected chi connectivity index (χ0v) is 17.3. The fourth-order valence-electron chi connectivity index (χ4n) is 3.68. The number of anilines is 1. The number of benzene rings is 1. The summed E-state index contributed by atoms with van der Waals surface area (Å²) < 4.78 is 16.3. The Morgan fingerprint density at radius 1 is 1.10 bits per heavy atom. The summed E-state index contributed by atoms with van der Waals surface area (Å²) in [7, 11) is 0. The second kappa shape index (κ2) is 9.13. The van der Waals surface area contributed by atoms with Crippen LogP contribution in [0.25, 0.3) is 11.3 Å². The number of nitrogens with one attached hydrogen (secondary N) is 1. The fraction of sp³-hybridized carbons (Fsp3) is 0.409. The number of ether oxygens (including phenoxy) is 1. The van der Waals surface area contributed by atoms with Crippen LogP contribution in [0.4, 0.5) is 5.82 Å². The van der Waals surface area contributed by atoms with Gasteiger partial charge in [0.2, 0.25) is 0 Å². The van der Waals surface area contributed by atoms with E-state index < -0.39 is 0 Å². The summed E-state index contributed by atoms with van der Waals surface area (Å²) in [6, 6.07) is 9.59. The second-order valence-corrected chi connectivity index (χ2v) is 7.34. The van der Waals surface area contributed by atoms with Crippen molar-refractivity contribution in [1.82, 2.24) is 15.6 Å². The minimum atomic E-state index is -0.185. The minimum Gasteiger partial charge on any atom is -0.378 e. The Hall–Kier alpha value is -3.13. The summed E-state index contributed by atoms with van der Waals surface area (Å²) in [6.45, 7) is 6.93. The Bertz CT molecular complexity index is 970. The van der Waals surface area contributed by atoms with Gasteiger partial charge in [-0.25, -0.2) is 0 Å². The van der Waals surface area contributed by atoms with Crippen molar-refractivity contribution >= 4 is 11.7 Å². The minimum absolute atomic E-state index is 0.185. The van der Waals surface area contributed by atoms with Gasteiger partial charge in [0.25, 0.3) is 5.91 Å². The maximum absolute atomic E-state index is 13.2. The molecule has 1 aliphatic heterocycles. The average molecular weight is 410 g/mol. The van der Waals surface area contributed by atoms with Gasteiger partial charge in [-0.05, 0) is 26.7 Å². The molecule has 0 aliphatic carbocycles. The van der Waals surface area contributed by atoms with Crippen molar-refractivity contribution in [1.29, 1.82) is 0 Å². The molecule has 4 rings (SSSR count). The first-order valence-electron chi connectivity index (χ1n) is 10.2. The summed E-state index contributed by atoms with van der Waals surface area (Å²) in [5.74, 6) is 1.70. The molecule has 30 heavy (non-hydrogen) atoms. The van der Waals surface area contributed by atoms with Gasteiger partial charge in [-0.15, -0.1) is 0 Å². The van der Waals surface area contributed by atoms with Crippen LogP contribution in [0.1, 0.15) is 33.8 Å². The van der Waals surface area contributed by atoms with Gasteiger partial charge in [0.15, 0.2) is 11.6 Å². The highest BCUT2D eigenvalue weighted by atomic mass is 16.5. The third-order valence-electron chi connectivity index (χ3n) is 5.32. The number of morpholine rings is 1. The van der Waals surface area contributed by atoms with E-state index in [-0.39, 0.29) is 5.91 Å². The summed E-state index contributed by atoms with van der Waals surface area (Å²) in [6.07, 6.45) is 1.58. The molecule has 0 spiro atoms. The molecule has 1 aromatic carbocycles. The summed E-state index contributed by atoms with van der Waals surface area (Å²) in [5, 5.41) is 11.3. The third-order valence-corrected chi connectivity index (χ3v) is 5.32. The highest BCUT2D eigenvalue weighted by molar-refractivity contribution is 6.04. The Morgan fingerprint density at radius 3 is 2.57 bits per heavy atom. The molecule has 0 atom stereocenters. The molecule has 1 aliphatic rings. The van der Waals surface area contributed by atoms with Crippen LogP contribution in [0.3, 0.4) is 0 Å². The second-order valence-electron chi connectivity index (χ2n) is 7.34. The lowest BCUT2D eigenvalue weighted by atomic mass is 10.1. The van der Waals surface area contributed by atoms with Crippen molar-refractivity contribution in [2.45, 2.75) is 26.7 Å². The first kappa shape index (κ1) is 20.2. The van der Waals surface area contributed by atoms with Gasteiger partial charge in [-0.2, -0.15) is 0 Å². The molecule has 3 heterocycles. The number of aryl methyl sites for hydroxylation is 2. The lowest BCUT2D eigenvalue weighted by molar-refractivity contribution is 0.0952. The third kappa shape index (κ3) is 4.23. The highest BCUT2D eigenvalue weighted by Crippen LogP contribution is 2.31. The van der Waals surface area contributed by atoms with E-state index in [1.165, 1.54) is 0 Å². The molecule has 0 bridgehead atoms. The predicted octanol–water partition coefficient (Wildman–Crippen LogP) is 3.15. The van der Waals surface area contributed by atoms with Crippen molar-refractivity contribution in [2.75, 3.05) is 37.7 Å². The molecule has 8 heteroatoms. The summed E-state index contributed by atoms with van der Waals surface area (Å²) in [4.78, 5) is 15.2. The number of carbonyl (C=O) groups is 1. The van der Waals surface area contributed by atoms with E-state index in [2.05, 4.69) is 15.6 Å². The van der Waals surface area contributed by atoms with Crippen molar-refractivity contribution in [2.24, 2.45) is 0 Å². The lowest BCUT2D eigenvalue weighted by Crippen LogP contribution is -2.38. The smallest absolute Gasteiger partial charge is 0.259 e. The van der Waals surface area contributed by atoms with E-state index in [1.54, 1.807) is 0 Å². The van der Waals surface area contributed by atoms with Crippen LogP contribution in [-0.2, 0) is 11.2 Å². The Morgan fingerprint density at radius 2 is 1.87 bits per heavy atom. The van der Waals surface area contributed by atoms with Crippen molar-refractivity contribution in [3.05, 3.63) is 52.9 Å². The lowest BCUT2D eigenvalue weighted by Gasteiger charge is -2.26. The van der Waals surface area contributed by atoms with Gasteiger partial charge < -0.3 is 24.0 Å². The van der Waals surface area contributed by atoms with E-state index in [9.17, 15) is 4.79 Å². The number of hydrogen-bond acceptors (Lipinski definition) is 7. The Labute approximate surface area is 175 Å². The van der Waals surface area contributed by atoms with Crippen molar-refractivity contribution < 1.29 is 18.6 Å². The monoisotopic (exact) mass is 410 g/mol. The SMILES string of the molecule is Cc1noc(C)c1CCCNC(=O)c1c(N2CCOCC2)noc1-c1ccccc1. The first-order chi connectivity index (χ1) is 14.6. The zero-order chi connectivity index (χ0) is 20.9. The van der Waals surface area contributed by atoms with Crippen LogP contribution in [0, 0.1) is 13.8 Å². The molecule has 0 saturated carbocycles. The molecule has 1 saturated heterocycles. The number of aromatic nitrogens is 2. The van der Waals surface area contributed by atoms with Crippen LogP contribution in [0.15, 0.2) is 39.4 Å². The molecule has 3 aromatic rings. The average Bonchev–Trinajstić information content (AvgIpc) is 3.36. The molecule has 2 aromatic heterocycles. The molecule has 1 N–H and O–H groups in total. The van der Waals surface area contributed by atoms with Crippen LogP contribution in [0.2, 0.25) is 0 Å². The van der Waals surface area contributed by atoms with Crippen molar-refractivity contribution in [3.8, 4) is 11.3 Å². The number of amides is 1. The molecule has 1 fully saturated rings. The topological polar surface area (TPSA) is 93.6 Å². The molecule has 1 amide bonds. The molecular formula is C22H26N4O4. The van der Waals surface area contributed by atoms with Crippen LogP contribution < -0.4 is 10.2 Å². The van der Waals surface area contributed by atoms with Gasteiger partial charge in [0, 0.05) is 30.8 Å². The molecular weight excluding hydrogens is 384 g/mol. The van der Waals surface area contributed by atoms with Gasteiger partial charge in [-0.1, -0.05) is 40.6 Å². The number of hydrogen-bond donors (Lipinski definition) is 1. The van der Waals surface area contributed by atoms with Crippen molar-refractivity contribution in [3.63, 3.8) is 0 Å². The largest absolute Gasteiger partial charge is 0.378 e. The van der Waals surface area contributed by atoms with E-state index in [4.69, 9.17) is 13.8 Å². The van der Waals surface area contributed by atoms with Gasteiger partial charge in [0.1, 0.15) is 11.3 Å². The Kier molecular flexibility index (Phi) is 6.13. The fourth-order valence-corrected chi connectivity index (χ4v) is 3.68. The maximum Gasteiger partial charge on any atom is 0.259 e. The van der Waals surface area contributed by atoms with Crippen LogP contribution in [-0.4, -0.2) is 49.1 Å². The van der Waals surface area contributed by atoms with Gasteiger partial charge in [0.05, 0.1) is 18.9 Å². The van der Waals surface area contributed by atoms with E-state index in [0.717, 1.165) is 35.4 Å². The van der Waals surface area contributed by atoms with Crippen LogP contribution in [0.5, 0.6) is 0 Å². The standard InChI is InChI=1S/C22H26N4O4/c1-15-18(16(2)29-24-15)9-6-10-23-22(27)19-20(17-7-4-3-5-8-17)30-25-21(19)26-11-13-28-14-12-26/h3-5,7-8H,6,9-14H2,1-2H3,(H,23,27). The molecule has 0 radical (unpaired) electrons. The number of rotatable bonds is 7. The highest BCUT2D eigenvalue weighted by Gasteiger charge is 2.28. The maximum atomic E-state index is 13.2. The van der Waals surface area contributed by atoms with Gasteiger partial charge >= 0.3 is 0 Å². The number of nitrogens with zero attached hydrogens (tertiary/aromatic N) is 3. The van der Waals surface area contributed by atoms with E-state index in [1.807, 2.05) is 49.1 Å². The Balaban J connectivity index is 1.50. The first-order valence-corrected chi connectivity index (χ1v) is 10.2. The normalized spacial score (nSPS) is 14.1. The summed E-state index contributed by atoms with van der Waals surface area (Å²) >= 11 is 0. The van der Waals surface area contributed by atoms with Crippen LogP contribution >= 0.6 is 0 Å². The van der Waals surface area contributed by atoms with E-state index in [0.29, 0.717) is 50.0 Å². The quantitative estimate of drug-likeness (QED) is 0.598. The van der Waals surface area contributed by atoms with E-state index >= 15 is 0 Å². The zero-order valence-electron chi connectivity index (χ0n) is 17.3. The summed E-state index contributed by atoms with van der Waals surface area (Å²) in [5.41, 5.74) is 3.30. The molecule has 8 nitrogen and oxygen atoms in total. The molecule has 0 unspecified atom stereocenters. The predicted molar refractivity (Wildman–Crippen MR) is 112 cm³/mol. The molecule has 158 valence electrons.